The maximum atomic E-state index is 12.4. The van der Waals surface area contributed by atoms with Gasteiger partial charge in [0.25, 0.3) is 0 Å². The summed E-state index contributed by atoms with van der Waals surface area (Å²) in [6.45, 7) is 3.95. The SMILES string of the molecule is O=C(O)c1cccc(CN2CCCN(C(=O)Cc3ccsc3)CC2)c1. The molecule has 6 heteroatoms. The van der Waals surface area contributed by atoms with Crippen LogP contribution in [0.1, 0.15) is 27.9 Å². The van der Waals surface area contributed by atoms with E-state index in [9.17, 15) is 9.59 Å². The van der Waals surface area contributed by atoms with Crippen molar-refractivity contribution < 1.29 is 14.7 Å². The molecule has 0 saturated carbocycles. The van der Waals surface area contributed by atoms with Gasteiger partial charge in [0.05, 0.1) is 12.0 Å². The molecular weight excluding hydrogens is 336 g/mol. The summed E-state index contributed by atoms with van der Waals surface area (Å²) in [4.78, 5) is 27.8. The van der Waals surface area contributed by atoms with E-state index >= 15 is 0 Å². The van der Waals surface area contributed by atoms with Crippen LogP contribution in [0, 0.1) is 0 Å². The summed E-state index contributed by atoms with van der Waals surface area (Å²) in [7, 11) is 0. The highest BCUT2D eigenvalue weighted by molar-refractivity contribution is 7.08. The molecule has 1 aliphatic heterocycles. The Morgan fingerprint density at radius 2 is 1.96 bits per heavy atom. The van der Waals surface area contributed by atoms with Gasteiger partial charge >= 0.3 is 5.97 Å². The van der Waals surface area contributed by atoms with Crippen molar-refractivity contribution in [2.75, 3.05) is 26.2 Å². The average Bonchev–Trinajstić information content (AvgIpc) is 2.99. The maximum Gasteiger partial charge on any atom is 0.335 e. The molecule has 0 bridgehead atoms. The van der Waals surface area contributed by atoms with Gasteiger partial charge < -0.3 is 10.0 Å². The van der Waals surface area contributed by atoms with Crippen molar-refractivity contribution >= 4 is 23.2 Å². The number of carbonyl (C=O) groups excluding carboxylic acids is 1. The molecule has 1 aromatic carbocycles. The molecule has 1 fully saturated rings. The summed E-state index contributed by atoms with van der Waals surface area (Å²) >= 11 is 1.62. The molecule has 0 radical (unpaired) electrons. The third-order valence-electron chi connectivity index (χ3n) is 4.46. The highest BCUT2D eigenvalue weighted by Gasteiger charge is 2.19. The average molecular weight is 358 g/mol. The largest absolute Gasteiger partial charge is 0.478 e. The van der Waals surface area contributed by atoms with Gasteiger partial charge in [-0.3, -0.25) is 9.69 Å². The highest BCUT2D eigenvalue weighted by Crippen LogP contribution is 2.13. The van der Waals surface area contributed by atoms with Crippen LogP contribution in [0.5, 0.6) is 0 Å². The molecule has 132 valence electrons. The maximum absolute atomic E-state index is 12.4. The van der Waals surface area contributed by atoms with Crippen LogP contribution in [0.25, 0.3) is 0 Å². The van der Waals surface area contributed by atoms with Gasteiger partial charge in [0.2, 0.25) is 5.91 Å². The molecule has 0 unspecified atom stereocenters. The summed E-state index contributed by atoms with van der Waals surface area (Å²) < 4.78 is 0. The number of aromatic carboxylic acids is 1. The zero-order chi connectivity index (χ0) is 17.6. The fourth-order valence-corrected chi connectivity index (χ4v) is 3.79. The normalized spacial score (nSPS) is 15.8. The zero-order valence-electron chi connectivity index (χ0n) is 14.1. The van der Waals surface area contributed by atoms with Crippen molar-refractivity contribution in [2.45, 2.75) is 19.4 Å². The topological polar surface area (TPSA) is 60.9 Å². The lowest BCUT2D eigenvalue weighted by molar-refractivity contribution is -0.130. The number of hydrogen-bond donors (Lipinski definition) is 1. The van der Waals surface area contributed by atoms with Gasteiger partial charge in [0, 0.05) is 32.7 Å². The third-order valence-corrected chi connectivity index (χ3v) is 5.19. The van der Waals surface area contributed by atoms with E-state index in [4.69, 9.17) is 5.11 Å². The number of benzene rings is 1. The molecule has 25 heavy (non-hydrogen) atoms. The summed E-state index contributed by atoms with van der Waals surface area (Å²) in [5.41, 5.74) is 2.40. The Kier molecular flexibility index (Phi) is 5.83. The van der Waals surface area contributed by atoms with E-state index in [2.05, 4.69) is 4.90 Å². The van der Waals surface area contributed by atoms with Crippen LogP contribution in [0.15, 0.2) is 41.1 Å². The van der Waals surface area contributed by atoms with Gasteiger partial charge in [-0.1, -0.05) is 12.1 Å². The first kappa shape index (κ1) is 17.6. The second-order valence-corrected chi connectivity index (χ2v) is 7.10. The lowest BCUT2D eigenvalue weighted by atomic mass is 10.1. The van der Waals surface area contributed by atoms with E-state index in [1.807, 2.05) is 27.8 Å². The van der Waals surface area contributed by atoms with E-state index in [-0.39, 0.29) is 5.91 Å². The summed E-state index contributed by atoms with van der Waals surface area (Å²) in [6.07, 6.45) is 1.41. The molecule has 0 aliphatic carbocycles. The number of carboxylic acid groups (broad SMARTS) is 1. The van der Waals surface area contributed by atoms with Gasteiger partial charge in [-0.15, -0.1) is 0 Å². The fourth-order valence-electron chi connectivity index (χ4n) is 3.12. The van der Waals surface area contributed by atoms with E-state index in [1.165, 1.54) is 0 Å². The Balaban J connectivity index is 1.55. The molecule has 1 N–H and O–H groups in total. The van der Waals surface area contributed by atoms with Gasteiger partial charge in [-0.25, -0.2) is 4.79 Å². The number of thiophene rings is 1. The number of hydrogen-bond acceptors (Lipinski definition) is 4. The fraction of sp³-hybridized carbons (Fsp3) is 0.368. The minimum absolute atomic E-state index is 0.188. The molecule has 1 aromatic heterocycles. The van der Waals surface area contributed by atoms with E-state index in [0.717, 1.165) is 43.7 Å². The lowest BCUT2D eigenvalue weighted by Gasteiger charge is -2.22. The van der Waals surface area contributed by atoms with Crippen LogP contribution in [0.3, 0.4) is 0 Å². The van der Waals surface area contributed by atoms with Crippen LogP contribution < -0.4 is 0 Å². The van der Waals surface area contributed by atoms with Crippen LogP contribution in [0.2, 0.25) is 0 Å². The second-order valence-electron chi connectivity index (χ2n) is 6.32. The van der Waals surface area contributed by atoms with Crippen molar-refractivity contribution in [3.05, 3.63) is 57.8 Å². The number of carboxylic acids is 1. The van der Waals surface area contributed by atoms with Crippen LogP contribution in [-0.2, 0) is 17.8 Å². The Bertz CT molecular complexity index is 730. The van der Waals surface area contributed by atoms with Gasteiger partial charge in [0.15, 0.2) is 0 Å². The number of amides is 1. The van der Waals surface area contributed by atoms with Crippen LogP contribution in [-0.4, -0.2) is 53.0 Å². The van der Waals surface area contributed by atoms with E-state index in [1.54, 1.807) is 29.5 Å². The van der Waals surface area contributed by atoms with Crippen molar-refractivity contribution in [1.82, 2.24) is 9.80 Å². The summed E-state index contributed by atoms with van der Waals surface area (Å²) in [5, 5.41) is 13.1. The molecule has 0 atom stereocenters. The second kappa shape index (κ2) is 8.27. The Morgan fingerprint density at radius 1 is 1.08 bits per heavy atom. The predicted octanol–water partition coefficient (Wildman–Crippen LogP) is 2.72. The smallest absolute Gasteiger partial charge is 0.335 e. The Morgan fingerprint density at radius 3 is 2.72 bits per heavy atom. The van der Waals surface area contributed by atoms with Crippen molar-refractivity contribution in [1.29, 1.82) is 0 Å². The van der Waals surface area contributed by atoms with Gasteiger partial charge in [0.1, 0.15) is 0 Å². The molecule has 5 nitrogen and oxygen atoms in total. The van der Waals surface area contributed by atoms with E-state index in [0.29, 0.717) is 18.5 Å². The van der Waals surface area contributed by atoms with Gasteiger partial charge in [-0.05, 0) is 46.5 Å². The Hall–Kier alpha value is -2.18. The Labute approximate surface area is 151 Å². The van der Waals surface area contributed by atoms with Gasteiger partial charge in [-0.2, -0.15) is 11.3 Å². The minimum atomic E-state index is -0.900. The molecule has 3 rings (SSSR count). The first-order chi connectivity index (χ1) is 12.1. The lowest BCUT2D eigenvalue weighted by Crippen LogP contribution is -2.36. The number of nitrogens with zero attached hydrogens (tertiary/aromatic N) is 2. The molecule has 2 heterocycles. The first-order valence-corrected chi connectivity index (χ1v) is 9.39. The van der Waals surface area contributed by atoms with Crippen molar-refractivity contribution in [3.8, 4) is 0 Å². The van der Waals surface area contributed by atoms with Crippen molar-refractivity contribution in [3.63, 3.8) is 0 Å². The number of carbonyl (C=O) groups is 2. The molecule has 0 spiro atoms. The quantitative estimate of drug-likeness (QED) is 0.893. The summed E-state index contributed by atoms with van der Waals surface area (Å²) in [5.74, 6) is -0.712. The van der Waals surface area contributed by atoms with E-state index < -0.39 is 5.97 Å². The van der Waals surface area contributed by atoms with Crippen LogP contribution in [0.4, 0.5) is 0 Å². The molecule has 1 saturated heterocycles. The monoisotopic (exact) mass is 358 g/mol. The minimum Gasteiger partial charge on any atom is -0.478 e. The molecular formula is C19H22N2O3S. The van der Waals surface area contributed by atoms with Crippen LogP contribution >= 0.6 is 11.3 Å². The van der Waals surface area contributed by atoms with Crippen molar-refractivity contribution in [2.24, 2.45) is 0 Å². The zero-order valence-corrected chi connectivity index (χ0v) is 14.9. The standard InChI is InChI=1S/C19H22N2O3S/c22-18(12-16-5-10-25-14-16)21-7-2-6-20(8-9-21)13-15-3-1-4-17(11-15)19(23)24/h1,3-5,10-11,14H,2,6-9,12-13H2,(H,23,24). The predicted molar refractivity (Wildman–Crippen MR) is 97.9 cm³/mol. The third kappa shape index (κ3) is 4.90. The molecule has 2 aromatic rings. The number of rotatable bonds is 5. The first-order valence-electron chi connectivity index (χ1n) is 8.45. The molecule has 1 amide bonds. The molecule has 1 aliphatic rings. The highest BCUT2D eigenvalue weighted by atomic mass is 32.1. The summed E-state index contributed by atoms with van der Waals surface area (Å²) in [6, 6.07) is 9.08.